The number of anilines is 1. The van der Waals surface area contributed by atoms with Crippen molar-refractivity contribution in [2.45, 2.75) is 43.9 Å². The summed E-state index contributed by atoms with van der Waals surface area (Å²) < 4.78 is 37.4. The Morgan fingerprint density at radius 3 is 2.49 bits per heavy atom. The summed E-state index contributed by atoms with van der Waals surface area (Å²) in [6.07, 6.45) is 4.16. The molecule has 5 heterocycles. The van der Waals surface area contributed by atoms with Crippen LogP contribution in [0.1, 0.15) is 24.8 Å². The van der Waals surface area contributed by atoms with Crippen molar-refractivity contribution in [3.8, 4) is 6.01 Å². The third kappa shape index (κ3) is 5.25. The van der Waals surface area contributed by atoms with Crippen molar-refractivity contribution in [3.05, 3.63) is 53.3 Å². The van der Waals surface area contributed by atoms with E-state index in [1.54, 1.807) is 13.3 Å². The first-order valence-corrected chi connectivity index (χ1v) is 13.6. The van der Waals surface area contributed by atoms with E-state index in [1.165, 1.54) is 12.8 Å². The second-order valence-electron chi connectivity index (χ2n) is 10.5. The topological polar surface area (TPSA) is 77.3 Å². The van der Waals surface area contributed by atoms with Crippen LogP contribution < -0.4 is 15.0 Å². The van der Waals surface area contributed by atoms with Crippen molar-refractivity contribution in [1.29, 1.82) is 0 Å². The van der Waals surface area contributed by atoms with Crippen LogP contribution in [0, 0.1) is 5.92 Å². The number of halogens is 3. The first-order valence-electron chi connectivity index (χ1n) is 13.2. The zero-order valence-corrected chi connectivity index (χ0v) is 22.7. The molecule has 1 N–H and O–H groups in total. The molecule has 3 unspecified atom stereocenters. The Labute approximate surface area is 230 Å². The van der Waals surface area contributed by atoms with Gasteiger partial charge in [0.25, 0.3) is 5.92 Å². The van der Waals surface area contributed by atoms with Gasteiger partial charge < -0.3 is 24.3 Å². The molecule has 39 heavy (non-hydrogen) atoms. The van der Waals surface area contributed by atoms with E-state index >= 15 is 0 Å². The lowest BCUT2D eigenvalue weighted by atomic mass is 10.2. The molecule has 1 aliphatic carbocycles. The number of nitrogens with zero attached hydrogens (tertiary/aromatic N) is 5. The molecule has 2 aliphatic heterocycles. The van der Waals surface area contributed by atoms with Gasteiger partial charge in [-0.05, 0) is 24.5 Å². The van der Waals surface area contributed by atoms with E-state index in [2.05, 4.69) is 20.2 Å². The molecule has 206 valence electrons. The van der Waals surface area contributed by atoms with Crippen molar-refractivity contribution >= 4 is 39.4 Å². The number of benzene rings is 1. The van der Waals surface area contributed by atoms with Crippen LogP contribution in [0.15, 0.2) is 42.6 Å². The Balaban J connectivity index is 0.000000168. The van der Waals surface area contributed by atoms with Crippen LogP contribution in [0.2, 0.25) is 5.15 Å². The summed E-state index contributed by atoms with van der Waals surface area (Å²) in [5.74, 6) is -2.09. The molecule has 1 saturated carbocycles. The van der Waals surface area contributed by atoms with E-state index in [1.807, 2.05) is 48.0 Å². The molecule has 0 spiro atoms. The maximum Gasteiger partial charge on any atom is 0.320 e. The molecule has 8 nitrogen and oxygen atoms in total. The average Bonchev–Trinajstić information content (AvgIpc) is 3.25. The highest BCUT2D eigenvalue weighted by Crippen LogP contribution is 2.48. The number of aromatic nitrogens is 4. The molecule has 7 rings (SSSR count). The third-order valence-electron chi connectivity index (χ3n) is 7.74. The highest BCUT2D eigenvalue weighted by molar-refractivity contribution is 6.35. The minimum Gasteiger partial charge on any atom is -0.467 e. The van der Waals surface area contributed by atoms with E-state index in [-0.39, 0.29) is 13.0 Å². The summed E-state index contributed by atoms with van der Waals surface area (Å²) in [6.45, 7) is 2.48. The Kier molecular flexibility index (Phi) is 7.03. The van der Waals surface area contributed by atoms with Crippen LogP contribution in [0.5, 0.6) is 6.01 Å². The molecule has 4 aromatic rings. The van der Waals surface area contributed by atoms with Gasteiger partial charge in [0.15, 0.2) is 5.15 Å². The van der Waals surface area contributed by atoms with Crippen LogP contribution in [0.3, 0.4) is 0 Å². The van der Waals surface area contributed by atoms with Crippen LogP contribution in [0.25, 0.3) is 21.9 Å². The van der Waals surface area contributed by atoms with E-state index < -0.39 is 11.8 Å². The fraction of sp³-hybridized carbons (Fsp3) is 0.464. The standard InChI is InChI=1S/C17H19ClN6O.C11H12F2O/c1-23-13-11(5-6-19-14(13)18)12-15(23)21-17(25-2)22-16(12)24-7-9-3-4-10(8-24)20-9;12-11(13)6-10(11)8-14-7-9-4-2-1-3-5-9/h5-6,9-10,20H,3-4,7-8H2,1-2H3;1-5,10H,6-8H2. The number of pyridine rings is 1. The Hall–Kier alpha value is -3.08. The summed E-state index contributed by atoms with van der Waals surface area (Å²) in [6, 6.07) is 13.0. The normalized spacial score (nSPS) is 23.1. The van der Waals surface area contributed by atoms with E-state index in [0.29, 0.717) is 29.9 Å². The summed E-state index contributed by atoms with van der Waals surface area (Å²) in [5.41, 5.74) is 2.72. The Bertz CT molecular complexity index is 1470. The fourth-order valence-electron chi connectivity index (χ4n) is 5.59. The Morgan fingerprint density at radius 1 is 1.10 bits per heavy atom. The predicted octanol–water partition coefficient (Wildman–Crippen LogP) is 4.98. The molecular formula is C28H31ClF2N6O2. The maximum absolute atomic E-state index is 12.4. The lowest BCUT2D eigenvalue weighted by molar-refractivity contribution is 0.0491. The van der Waals surface area contributed by atoms with E-state index in [9.17, 15) is 8.78 Å². The number of fused-ring (bicyclic) bond motifs is 5. The van der Waals surface area contributed by atoms with Crippen LogP contribution in [-0.4, -0.2) is 64.3 Å². The van der Waals surface area contributed by atoms with Gasteiger partial charge in [-0.3, -0.25) is 0 Å². The van der Waals surface area contributed by atoms with Gasteiger partial charge in [-0.25, -0.2) is 13.8 Å². The van der Waals surface area contributed by atoms with Gasteiger partial charge in [0.05, 0.1) is 37.1 Å². The predicted molar refractivity (Wildman–Crippen MR) is 147 cm³/mol. The number of alkyl halides is 2. The Morgan fingerprint density at radius 2 is 1.82 bits per heavy atom. The quantitative estimate of drug-likeness (QED) is 0.336. The molecule has 3 fully saturated rings. The zero-order chi connectivity index (χ0) is 27.1. The molecule has 0 radical (unpaired) electrons. The van der Waals surface area contributed by atoms with Gasteiger partial charge in [0, 0.05) is 50.2 Å². The number of ether oxygens (including phenoxy) is 2. The molecule has 3 atom stereocenters. The SMILES string of the molecule is COc1nc(N2CC3CCC(C2)N3)c2c3ccnc(Cl)c3n(C)c2n1.FC1(F)CC1COCc1ccccc1. The number of hydrogen-bond acceptors (Lipinski definition) is 7. The maximum atomic E-state index is 12.4. The molecule has 2 saturated heterocycles. The largest absolute Gasteiger partial charge is 0.467 e. The second-order valence-corrected chi connectivity index (χ2v) is 10.9. The van der Waals surface area contributed by atoms with Crippen LogP contribution >= 0.6 is 11.6 Å². The number of hydrogen-bond donors (Lipinski definition) is 1. The molecule has 2 bridgehead atoms. The van der Waals surface area contributed by atoms with E-state index in [0.717, 1.165) is 46.4 Å². The molecular weight excluding hydrogens is 526 g/mol. The third-order valence-corrected chi connectivity index (χ3v) is 8.01. The van der Waals surface area contributed by atoms with Crippen molar-refractivity contribution in [1.82, 2.24) is 24.8 Å². The average molecular weight is 557 g/mol. The van der Waals surface area contributed by atoms with Gasteiger partial charge >= 0.3 is 6.01 Å². The lowest BCUT2D eigenvalue weighted by Crippen LogP contribution is -2.51. The zero-order valence-electron chi connectivity index (χ0n) is 21.9. The summed E-state index contributed by atoms with van der Waals surface area (Å²) in [4.78, 5) is 15.9. The van der Waals surface area contributed by atoms with Crippen molar-refractivity contribution < 1.29 is 18.3 Å². The van der Waals surface area contributed by atoms with Gasteiger partial charge in [-0.1, -0.05) is 41.9 Å². The van der Waals surface area contributed by atoms with Gasteiger partial charge in [0.1, 0.15) is 11.5 Å². The molecule has 3 aromatic heterocycles. The first kappa shape index (κ1) is 26.2. The van der Waals surface area contributed by atoms with Crippen molar-refractivity contribution in [2.24, 2.45) is 13.0 Å². The highest BCUT2D eigenvalue weighted by Gasteiger charge is 2.56. The summed E-state index contributed by atoms with van der Waals surface area (Å²) in [7, 11) is 3.56. The number of nitrogens with one attached hydrogen (secondary N) is 1. The second kappa shape index (κ2) is 10.5. The molecule has 11 heteroatoms. The number of rotatable bonds is 6. The number of aryl methyl sites for hydroxylation is 1. The van der Waals surface area contributed by atoms with Crippen molar-refractivity contribution in [3.63, 3.8) is 0 Å². The summed E-state index contributed by atoms with van der Waals surface area (Å²) >= 11 is 6.37. The molecule has 0 amide bonds. The van der Waals surface area contributed by atoms with Crippen molar-refractivity contribution in [2.75, 3.05) is 31.7 Å². The minimum atomic E-state index is -2.46. The van der Waals surface area contributed by atoms with E-state index in [4.69, 9.17) is 26.1 Å². The fourth-order valence-corrected chi connectivity index (χ4v) is 5.88. The lowest BCUT2D eigenvalue weighted by Gasteiger charge is -2.34. The first-order chi connectivity index (χ1) is 18.8. The minimum absolute atomic E-state index is 0.0121. The molecule has 1 aromatic carbocycles. The van der Waals surface area contributed by atoms with Gasteiger partial charge in [0.2, 0.25) is 0 Å². The van der Waals surface area contributed by atoms with Crippen LogP contribution in [-0.2, 0) is 18.4 Å². The van der Waals surface area contributed by atoms with Gasteiger partial charge in [-0.15, -0.1) is 0 Å². The number of methoxy groups -OCH3 is 1. The van der Waals surface area contributed by atoms with Crippen LogP contribution in [0.4, 0.5) is 14.6 Å². The molecule has 3 aliphatic rings. The smallest absolute Gasteiger partial charge is 0.320 e. The number of piperazine rings is 1. The van der Waals surface area contributed by atoms with Gasteiger partial charge in [-0.2, -0.15) is 9.97 Å². The summed E-state index contributed by atoms with van der Waals surface area (Å²) in [5, 5.41) is 6.19. The monoisotopic (exact) mass is 556 g/mol. The highest BCUT2D eigenvalue weighted by atomic mass is 35.5.